The van der Waals surface area contributed by atoms with Crippen molar-refractivity contribution in [3.05, 3.63) is 34.9 Å². The van der Waals surface area contributed by atoms with Gasteiger partial charge in [0.1, 0.15) is 0 Å². The van der Waals surface area contributed by atoms with E-state index in [4.69, 9.17) is 4.74 Å². The number of carbonyl (C=O) groups excluding carboxylic acids is 1. The van der Waals surface area contributed by atoms with Crippen LogP contribution in [0.1, 0.15) is 35.6 Å². The molecule has 1 spiro atoms. The van der Waals surface area contributed by atoms with Crippen LogP contribution in [0.4, 0.5) is 18.0 Å². The monoisotopic (exact) mass is 271 g/mol. The van der Waals surface area contributed by atoms with Crippen LogP contribution in [-0.4, -0.2) is 11.6 Å². The summed E-state index contributed by atoms with van der Waals surface area (Å²) in [6, 6.07) is 3.80. The van der Waals surface area contributed by atoms with Gasteiger partial charge in [-0.3, -0.25) is 0 Å². The van der Waals surface area contributed by atoms with E-state index in [9.17, 15) is 18.0 Å². The summed E-state index contributed by atoms with van der Waals surface area (Å²) in [5.41, 5.74) is -0.290. The molecule has 1 aromatic carbocycles. The Bertz CT molecular complexity index is 549. The molecule has 1 N–H and O–H groups in total. The average molecular weight is 271 g/mol. The zero-order chi connectivity index (χ0) is 13.8. The van der Waals surface area contributed by atoms with Crippen molar-refractivity contribution >= 4 is 6.09 Å². The van der Waals surface area contributed by atoms with Gasteiger partial charge in [0, 0.05) is 0 Å². The van der Waals surface area contributed by atoms with Gasteiger partial charge in [0.05, 0.1) is 11.1 Å². The molecule has 1 saturated carbocycles. The number of hydrogen-bond acceptors (Lipinski definition) is 2. The van der Waals surface area contributed by atoms with Crippen molar-refractivity contribution in [2.75, 3.05) is 0 Å². The number of aryl methyl sites for hydroxylation is 1. The number of hydrogen-bond donors (Lipinski definition) is 1. The number of rotatable bonds is 1. The highest BCUT2D eigenvalue weighted by Crippen LogP contribution is 2.51. The van der Waals surface area contributed by atoms with Crippen LogP contribution in [0.5, 0.6) is 0 Å². The second-order valence-corrected chi connectivity index (χ2v) is 5.20. The zero-order valence-corrected chi connectivity index (χ0v) is 10.2. The van der Waals surface area contributed by atoms with Crippen molar-refractivity contribution in [3.8, 4) is 0 Å². The highest BCUT2D eigenvalue weighted by atomic mass is 19.4. The number of amides is 1. The molecule has 2 fully saturated rings. The molecule has 1 saturated heterocycles. The molecule has 1 aromatic rings. The number of halogens is 3. The van der Waals surface area contributed by atoms with E-state index in [1.165, 1.54) is 0 Å². The van der Waals surface area contributed by atoms with Gasteiger partial charge < -0.3 is 10.1 Å². The summed E-state index contributed by atoms with van der Waals surface area (Å²) in [4.78, 5) is 11.3. The first-order valence-corrected chi connectivity index (χ1v) is 5.98. The summed E-state index contributed by atoms with van der Waals surface area (Å²) in [5.74, 6) is 0. The molecule has 6 heteroatoms. The quantitative estimate of drug-likeness (QED) is 0.850. The predicted octanol–water partition coefficient (Wildman–Crippen LogP) is 3.33. The SMILES string of the molecule is Cc1cc(C2OC(=O)NC23CC3)cc(C(F)(F)F)c1. The van der Waals surface area contributed by atoms with Gasteiger partial charge in [0.15, 0.2) is 6.10 Å². The van der Waals surface area contributed by atoms with E-state index in [-0.39, 0.29) is 0 Å². The van der Waals surface area contributed by atoms with E-state index in [1.807, 2.05) is 0 Å². The highest BCUT2D eigenvalue weighted by molar-refractivity contribution is 5.73. The Hall–Kier alpha value is -1.72. The summed E-state index contributed by atoms with van der Waals surface area (Å²) < 4.78 is 43.5. The lowest BCUT2D eigenvalue weighted by Crippen LogP contribution is -2.29. The maximum atomic E-state index is 12.8. The van der Waals surface area contributed by atoms with Gasteiger partial charge in [-0.15, -0.1) is 0 Å². The van der Waals surface area contributed by atoms with Crippen molar-refractivity contribution < 1.29 is 22.7 Å². The highest BCUT2D eigenvalue weighted by Gasteiger charge is 2.58. The van der Waals surface area contributed by atoms with Crippen LogP contribution in [0.25, 0.3) is 0 Å². The number of alkyl halides is 3. The molecule has 19 heavy (non-hydrogen) atoms. The fourth-order valence-electron chi connectivity index (χ4n) is 2.55. The van der Waals surface area contributed by atoms with E-state index in [1.54, 1.807) is 13.0 Å². The number of alkyl carbamates (subject to hydrolysis) is 1. The third-order valence-corrected chi connectivity index (χ3v) is 3.60. The average Bonchev–Trinajstić information content (AvgIpc) is 2.95. The largest absolute Gasteiger partial charge is 0.439 e. The maximum absolute atomic E-state index is 12.8. The summed E-state index contributed by atoms with van der Waals surface area (Å²) >= 11 is 0. The summed E-state index contributed by atoms with van der Waals surface area (Å²) in [5, 5.41) is 2.69. The molecule has 2 aliphatic rings. The van der Waals surface area contributed by atoms with Crippen molar-refractivity contribution in [2.24, 2.45) is 0 Å². The van der Waals surface area contributed by atoms with Crippen LogP contribution >= 0.6 is 0 Å². The first kappa shape index (κ1) is 12.3. The molecule has 3 nitrogen and oxygen atoms in total. The van der Waals surface area contributed by atoms with E-state index in [2.05, 4.69) is 5.32 Å². The molecule has 0 radical (unpaired) electrons. The van der Waals surface area contributed by atoms with Crippen LogP contribution in [0.2, 0.25) is 0 Å². The van der Waals surface area contributed by atoms with Gasteiger partial charge in [-0.25, -0.2) is 4.79 Å². The van der Waals surface area contributed by atoms with Gasteiger partial charge in [-0.05, 0) is 37.5 Å². The Morgan fingerprint density at radius 2 is 2.00 bits per heavy atom. The first-order valence-electron chi connectivity index (χ1n) is 5.98. The lowest BCUT2D eigenvalue weighted by atomic mass is 9.97. The Morgan fingerprint density at radius 3 is 2.58 bits per heavy atom. The summed E-state index contributed by atoms with van der Waals surface area (Å²) in [6.45, 7) is 1.60. The van der Waals surface area contributed by atoms with Crippen molar-refractivity contribution in [3.63, 3.8) is 0 Å². The Kier molecular flexibility index (Phi) is 2.37. The normalized spacial score (nSPS) is 24.2. The fourth-order valence-corrected chi connectivity index (χ4v) is 2.55. The van der Waals surface area contributed by atoms with Gasteiger partial charge in [0.2, 0.25) is 0 Å². The molecule has 1 aliphatic carbocycles. The number of nitrogens with one attached hydrogen (secondary N) is 1. The van der Waals surface area contributed by atoms with Crippen molar-refractivity contribution in [1.82, 2.24) is 5.32 Å². The minimum atomic E-state index is -4.40. The molecule has 102 valence electrons. The Labute approximate surface area is 107 Å². The molecule has 3 rings (SSSR count). The molecule has 1 amide bonds. The number of benzene rings is 1. The van der Waals surface area contributed by atoms with E-state index in [0.717, 1.165) is 25.0 Å². The molecular weight excluding hydrogens is 259 g/mol. The third-order valence-electron chi connectivity index (χ3n) is 3.60. The van der Waals surface area contributed by atoms with Crippen LogP contribution in [0.3, 0.4) is 0 Å². The van der Waals surface area contributed by atoms with Gasteiger partial charge in [-0.2, -0.15) is 13.2 Å². The summed E-state index contributed by atoms with van der Waals surface area (Å²) in [7, 11) is 0. The van der Waals surface area contributed by atoms with Crippen molar-refractivity contribution in [1.29, 1.82) is 0 Å². The van der Waals surface area contributed by atoms with Crippen LogP contribution in [0, 0.1) is 6.92 Å². The lowest BCUT2D eigenvalue weighted by Gasteiger charge is -2.18. The van der Waals surface area contributed by atoms with E-state index in [0.29, 0.717) is 11.1 Å². The van der Waals surface area contributed by atoms with E-state index < -0.39 is 29.5 Å². The Balaban J connectivity index is 2.02. The van der Waals surface area contributed by atoms with Crippen molar-refractivity contribution in [2.45, 2.75) is 37.6 Å². The lowest BCUT2D eigenvalue weighted by molar-refractivity contribution is -0.137. The van der Waals surface area contributed by atoms with Gasteiger partial charge in [-0.1, -0.05) is 11.6 Å². The smallest absolute Gasteiger partial charge is 0.416 e. The molecule has 0 bridgehead atoms. The molecular formula is C13H12F3NO2. The minimum absolute atomic E-state index is 0.406. The third kappa shape index (κ3) is 2.05. The first-order chi connectivity index (χ1) is 8.80. The van der Waals surface area contributed by atoms with E-state index >= 15 is 0 Å². The van der Waals surface area contributed by atoms with Gasteiger partial charge in [0.25, 0.3) is 0 Å². The van der Waals surface area contributed by atoms with Crippen LogP contribution < -0.4 is 5.32 Å². The maximum Gasteiger partial charge on any atom is 0.416 e. The second kappa shape index (κ2) is 3.65. The molecule has 1 atom stereocenters. The van der Waals surface area contributed by atoms with Crippen LogP contribution in [0.15, 0.2) is 18.2 Å². The molecule has 0 aromatic heterocycles. The zero-order valence-electron chi connectivity index (χ0n) is 10.2. The van der Waals surface area contributed by atoms with Crippen LogP contribution in [-0.2, 0) is 10.9 Å². The topological polar surface area (TPSA) is 38.3 Å². The Morgan fingerprint density at radius 1 is 1.32 bits per heavy atom. The second-order valence-electron chi connectivity index (χ2n) is 5.20. The molecule has 1 heterocycles. The minimum Gasteiger partial charge on any atom is -0.439 e. The number of carbonyl (C=O) groups is 1. The molecule has 1 unspecified atom stereocenters. The number of ether oxygens (including phenoxy) is 1. The predicted molar refractivity (Wildman–Crippen MR) is 60.5 cm³/mol. The number of cyclic esters (lactones) is 1. The molecule has 1 aliphatic heterocycles. The summed E-state index contributed by atoms with van der Waals surface area (Å²) in [6.07, 6.45) is -4.11. The standard InChI is InChI=1S/C13H12F3NO2/c1-7-4-8(6-9(5-7)13(14,15)16)10-12(2-3-12)17-11(18)19-10/h4-6,10H,2-3H2,1H3,(H,17,18). The van der Waals surface area contributed by atoms with Gasteiger partial charge >= 0.3 is 12.3 Å². The fraction of sp³-hybridized carbons (Fsp3) is 0.462.